The molecule has 2 aromatic rings. The predicted octanol–water partition coefficient (Wildman–Crippen LogP) is 3.75. The van der Waals surface area contributed by atoms with Gasteiger partial charge in [0.1, 0.15) is 0 Å². The fraction of sp³-hybridized carbons (Fsp3) is 0.250. The second-order valence-electron chi connectivity index (χ2n) is 4.78. The Balaban J connectivity index is 2.06. The monoisotopic (exact) mass is 287 g/mol. The lowest BCUT2D eigenvalue weighted by Crippen LogP contribution is -2.25. The van der Waals surface area contributed by atoms with Gasteiger partial charge >= 0.3 is 0 Å². The van der Waals surface area contributed by atoms with Crippen molar-refractivity contribution >= 4 is 23.0 Å². The van der Waals surface area contributed by atoms with Crippen LogP contribution in [0.1, 0.15) is 50.4 Å². The highest BCUT2D eigenvalue weighted by Crippen LogP contribution is 2.18. The van der Waals surface area contributed by atoms with Gasteiger partial charge in [0.25, 0.3) is 5.91 Å². The van der Waals surface area contributed by atoms with E-state index in [1.165, 1.54) is 11.3 Å². The third-order valence-electron chi connectivity index (χ3n) is 3.13. The van der Waals surface area contributed by atoms with E-state index in [1.807, 2.05) is 38.1 Å². The molecule has 0 aliphatic carbocycles. The molecule has 0 saturated heterocycles. The number of hydrogen-bond donors (Lipinski definition) is 1. The van der Waals surface area contributed by atoms with Gasteiger partial charge in [-0.1, -0.05) is 24.3 Å². The number of benzene rings is 1. The van der Waals surface area contributed by atoms with E-state index >= 15 is 0 Å². The van der Waals surface area contributed by atoms with Gasteiger partial charge in [0, 0.05) is 10.4 Å². The first kappa shape index (κ1) is 14.5. The minimum Gasteiger partial charge on any atom is -0.345 e. The van der Waals surface area contributed by atoms with E-state index < -0.39 is 0 Å². The van der Waals surface area contributed by atoms with Gasteiger partial charge in [-0.25, -0.2) is 0 Å². The molecule has 0 bridgehead atoms. The Labute approximate surface area is 122 Å². The molecule has 1 heterocycles. The molecule has 1 unspecified atom stereocenters. The lowest BCUT2D eigenvalue weighted by atomic mass is 10.0. The lowest BCUT2D eigenvalue weighted by Gasteiger charge is -2.14. The Kier molecular flexibility index (Phi) is 4.35. The average molecular weight is 287 g/mol. The summed E-state index contributed by atoms with van der Waals surface area (Å²) in [5.41, 5.74) is 1.66. The van der Waals surface area contributed by atoms with Gasteiger partial charge in [0.15, 0.2) is 5.78 Å². The number of nitrogens with one attached hydrogen (secondary N) is 1. The first-order chi connectivity index (χ1) is 9.47. The van der Waals surface area contributed by atoms with Crippen molar-refractivity contribution in [3.63, 3.8) is 0 Å². The number of thiophene rings is 1. The highest BCUT2D eigenvalue weighted by atomic mass is 32.1. The molecular formula is C16H17NO2S. The van der Waals surface area contributed by atoms with Crippen LogP contribution in [0.2, 0.25) is 0 Å². The number of amides is 1. The number of Topliss-reactive ketones (excluding diaryl/α,β-unsaturated/α-hetero) is 1. The Bertz CT molecular complexity index is 628. The zero-order valence-electron chi connectivity index (χ0n) is 11.8. The summed E-state index contributed by atoms with van der Waals surface area (Å²) >= 11 is 1.48. The van der Waals surface area contributed by atoms with Crippen LogP contribution in [0.15, 0.2) is 36.4 Å². The summed E-state index contributed by atoms with van der Waals surface area (Å²) in [6.07, 6.45) is 0. The van der Waals surface area contributed by atoms with Crippen LogP contribution in [0.25, 0.3) is 0 Å². The number of hydrogen-bond acceptors (Lipinski definition) is 3. The summed E-state index contributed by atoms with van der Waals surface area (Å²) in [7, 11) is 0. The zero-order chi connectivity index (χ0) is 14.7. The highest BCUT2D eigenvalue weighted by molar-refractivity contribution is 7.13. The summed E-state index contributed by atoms with van der Waals surface area (Å²) < 4.78 is 0. The molecule has 0 fully saturated rings. The molecule has 0 saturated carbocycles. The Morgan fingerprint density at radius 3 is 2.25 bits per heavy atom. The van der Waals surface area contributed by atoms with Crippen molar-refractivity contribution in [2.75, 3.05) is 0 Å². The molecular weight excluding hydrogens is 270 g/mol. The van der Waals surface area contributed by atoms with Crippen LogP contribution in [0.5, 0.6) is 0 Å². The van der Waals surface area contributed by atoms with Crippen LogP contribution in [-0.2, 0) is 0 Å². The van der Waals surface area contributed by atoms with Crippen molar-refractivity contribution in [1.29, 1.82) is 0 Å². The largest absolute Gasteiger partial charge is 0.345 e. The summed E-state index contributed by atoms with van der Waals surface area (Å²) in [6.45, 7) is 5.45. The predicted molar refractivity (Wildman–Crippen MR) is 81.4 cm³/mol. The number of aryl methyl sites for hydroxylation is 1. The number of rotatable bonds is 4. The standard InChI is InChI=1S/C16H17NO2S/c1-10-4-9-15(20-10)16(19)17-11(2)13-5-7-14(8-6-13)12(3)18/h4-9,11H,1-3H3,(H,17,19). The first-order valence-electron chi connectivity index (χ1n) is 6.45. The van der Waals surface area contributed by atoms with E-state index in [1.54, 1.807) is 19.1 Å². The summed E-state index contributed by atoms with van der Waals surface area (Å²) in [5.74, 6) is -0.0199. The minimum atomic E-state index is -0.0917. The molecule has 104 valence electrons. The maximum Gasteiger partial charge on any atom is 0.261 e. The molecule has 1 aromatic heterocycles. The van der Waals surface area contributed by atoms with Crippen LogP contribution in [-0.4, -0.2) is 11.7 Å². The Morgan fingerprint density at radius 1 is 1.10 bits per heavy atom. The van der Waals surface area contributed by atoms with Gasteiger partial charge in [0.2, 0.25) is 0 Å². The lowest BCUT2D eigenvalue weighted by molar-refractivity contribution is 0.0942. The molecule has 1 N–H and O–H groups in total. The quantitative estimate of drug-likeness (QED) is 0.870. The van der Waals surface area contributed by atoms with E-state index in [0.717, 1.165) is 15.3 Å². The fourth-order valence-corrected chi connectivity index (χ4v) is 2.68. The number of carbonyl (C=O) groups is 2. The molecule has 4 heteroatoms. The van der Waals surface area contributed by atoms with Crippen molar-refractivity contribution in [2.24, 2.45) is 0 Å². The van der Waals surface area contributed by atoms with Gasteiger partial charge in [0.05, 0.1) is 10.9 Å². The third-order valence-corrected chi connectivity index (χ3v) is 4.13. The molecule has 0 radical (unpaired) electrons. The maximum atomic E-state index is 12.1. The number of ketones is 1. The van der Waals surface area contributed by atoms with Crippen molar-refractivity contribution in [1.82, 2.24) is 5.32 Å². The molecule has 3 nitrogen and oxygen atoms in total. The maximum absolute atomic E-state index is 12.1. The van der Waals surface area contributed by atoms with Crippen LogP contribution in [0.4, 0.5) is 0 Å². The van der Waals surface area contributed by atoms with Gasteiger partial charge < -0.3 is 5.32 Å². The number of carbonyl (C=O) groups excluding carboxylic acids is 2. The molecule has 1 atom stereocenters. The second kappa shape index (κ2) is 6.01. The molecule has 0 aliphatic rings. The third kappa shape index (κ3) is 3.33. The van der Waals surface area contributed by atoms with Crippen molar-refractivity contribution in [3.05, 3.63) is 57.3 Å². The molecule has 20 heavy (non-hydrogen) atoms. The van der Waals surface area contributed by atoms with Crippen LogP contribution < -0.4 is 5.32 Å². The summed E-state index contributed by atoms with van der Waals surface area (Å²) in [4.78, 5) is 25.1. The second-order valence-corrected chi connectivity index (χ2v) is 6.07. The smallest absolute Gasteiger partial charge is 0.261 e. The normalized spacial score (nSPS) is 11.9. The zero-order valence-corrected chi connectivity index (χ0v) is 12.6. The first-order valence-corrected chi connectivity index (χ1v) is 7.27. The average Bonchev–Trinajstić information content (AvgIpc) is 2.85. The van der Waals surface area contributed by atoms with Crippen molar-refractivity contribution < 1.29 is 9.59 Å². The highest BCUT2D eigenvalue weighted by Gasteiger charge is 2.13. The Morgan fingerprint density at radius 2 is 1.75 bits per heavy atom. The SMILES string of the molecule is CC(=O)c1ccc(C(C)NC(=O)c2ccc(C)s2)cc1. The summed E-state index contributed by atoms with van der Waals surface area (Å²) in [5, 5.41) is 2.96. The molecule has 1 aromatic carbocycles. The molecule has 0 aliphatic heterocycles. The van der Waals surface area contributed by atoms with Gasteiger partial charge in [-0.05, 0) is 38.5 Å². The van der Waals surface area contributed by atoms with Crippen LogP contribution in [0, 0.1) is 6.92 Å². The van der Waals surface area contributed by atoms with E-state index in [4.69, 9.17) is 0 Å². The van der Waals surface area contributed by atoms with Crippen LogP contribution >= 0.6 is 11.3 Å². The van der Waals surface area contributed by atoms with Crippen molar-refractivity contribution in [2.45, 2.75) is 26.8 Å². The fourth-order valence-electron chi connectivity index (χ4n) is 1.91. The van der Waals surface area contributed by atoms with E-state index in [2.05, 4.69) is 5.32 Å². The van der Waals surface area contributed by atoms with Gasteiger partial charge in [-0.3, -0.25) is 9.59 Å². The van der Waals surface area contributed by atoms with E-state index in [-0.39, 0.29) is 17.7 Å². The van der Waals surface area contributed by atoms with Gasteiger partial charge in [-0.15, -0.1) is 11.3 Å². The Hall–Kier alpha value is -1.94. The van der Waals surface area contributed by atoms with E-state index in [0.29, 0.717) is 5.56 Å². The summed E-state index contributed by atoms with van der Waals surface area (Å²) in [6, 6.07) is 11.0. The van der Waals surface area contributed by atoms with Gasteiger partial charge in [-0.2, -0.15) is 0 Å². The molecule has 1 amide bonds. The minimum absolute atomic E-state index is 0.0438. The van der Waals surface area contributed by atoms with Crippen molar-refractivity contribution in [3.8, 4) is 0 Å². The van der Waals surface area contributed by atoms with Crippen LogP contribution in [0.3, 0.4) is 0 Å². The topological polar surface area (TPSA) is 46.2 Å². The molecule has 2 rings (SSSR count). The van der Waals surface area contributed by atoms with E-state index in [9.17, 15) is 9.59 Å². The molecule has 0 spiro atoms.